The second kappa shape index (κ2) is 9.65. The minimum Gasteiger partial charge on any atom is -0.397 e. The summed E-state index contributed by atoms with van der Waals surface area (Å²) >= 11 is 1.27. The molecule has 3 heterocycles. The summed E-state index contributed by atoms with van der Waals surface area (Å²) in [5.74, 6) is 0.186. The van der Waals surface area contributed by atoms with Crippen LogP contribution in [0.3, 0.4) is 0 Å². The SMILES string of the molecule is CN1CCN(CCCCC(=O)c2sc3nc(N)c(C#N)c(-c4ccccc4)c3c2N)CC1. The van der Waals surface area contributed by atoms with E-state index in [4.69, 9.17) is 11.5 Å². The van der Waals surface area contributed by atoms with E-state index in [1.165, 1.54) is 11.3 Å². The number of pyridine rings is 1. The van der Waals surface area contributed by atoms with Crippen LogP contribution < -0.4 is 11.5 Å². The smallest absolute Gasteiger partial charge is 0.174 e. The zero-order chi connectivity index (χ0) is 22.7. The van der Waals surface area contributed by atoms with Gasteiger partial charge in [-0.25, -0.2) is 4.98 Å². The van der Waals surface area contributed by atoms with Crippen molar-refractivity contribution >= 4 is 38.8 Å². The first-order chi connectivity index (χ1) is 15.5. The minimum atomic E-state index is 0.0277. The van der Waals surface area contributed by atoms with Crippen molar-refractivity contribution in [1.29, 1.82) is 5.26 Å². The molecule has 1 aliphatic heterocycles. The van der Waals surface area contributed by atoms with Crippen molar-refractivity contribution < 1.29 is 4.79 Å². The van der Waals surface area contributed by atoms with Crippen molar-refractivity contribution in [2.45, 2.75) is 19.3 Å². The summed E-state index contributed by atoms with van der Waals surface area (Å²) < 4.78 is 0. The number of ketones is 1. The molecule has 0 radical (unpaired) electrons. The fourth-order valence-electron chi connectivity index (χ4n) is 4.19. The maximum absolute atomic E-state index is 13.0. The number of fused-ring (bicyclic) bond motifs is 1. The van der Waals surface area contributed by atoms with Crippen molar-refractivity contribution in [3.8, 4) is 17.2 Å². The Morgan fingerprint density at radius 2 is 1.88 bits per heavy atom. The Bertz CT molecular complexity index is 1160. The minimum absolute atomic E-state index is 0.0277. The highest BCUT2D eigenvalue weighted by molar-refractivity contribution is 7.21. The Balaban J connectivity index is 1.54. The van der Waals surface area contributed by atoms with Crippen molar-refractivity contribution in [3.63, 3.8) is 0 Å². The van der Waals surface area contributed by atoms with E-state index in [9.17, 15) is 10.1 Å². The molecule has 0 atom stereocenters. The number of likely N-dealkylation sites (N-methyl/N-ethyl adjacent to an activating group) is 1. The lowest BCUT2D eigenvalue weighted by Crippen LogP contribution is -2.44. The summed E-state index contributed by atoms with van der Waals surface area (Å²) in [5.41, 5.74) is 14.7. The van der Waals surface area contributed by atoms with Crippen molar-refractivity contribution in [3.05, 3.63) is 40.8 Å². The number of piperazine rings is 1. The summed E-state index contributed by atoms with van der Waals surface area (Å²) in [4.78, 5) is 23.3. The van der Waals surface area contributed by atoms with Gasteiger partial charge in [0.2, 0.25) is 0 Å². The van der Waals surface area contributed by atoms with Crippen molar-refractivity contribution in [2.75, 3.05) is 51.2 Å². The van der Waals surface area contributed by atoms with E-state index in [0.29, 0.717) is 38.3 Å². The lowest BCUT2D eigenvalue weighted by molar-refractivity contribution is 0.0980. The summed E-state index contributed by atoms with van der Waals surface area (Å²) in [6.45, 7) is 5.39. The quantitative estimate of drug-likeness (QED) is 0.419. The molecule has 166 valence electrons. The van der Waals surface area contributed by atoms with Crippen LogP contribution in [0.25, 0.3) is 21.3 Å². The van der Waals surface area contributed by atoms with Crippen LogP contribution in [0.2, 0.25) is 0 Å². The van der Waals surface area contributed by atoms with Gasteiger partial charge in [0.05, 0.1) is 10.6 Å². The molecule has 0 unspecified atom stereocenters. The number of nitrogen functional groups attached to an aromatic ring is 2. The zero-order valence-corrected chi connectivity index (χ0v) is 19.1. The van der Waals surface area contributed by atoms with Gasteiger partial charge in [0.1, 0.15) is 22.3 Å². The molecule has 8 heteroatoms. The van der Waals surface area contributed by atoms with Crippen LogP contribution in [0, 0.1) is 11.3 Å². The van der Waals surface area contributed by atoms with E-state index >= 15 is 0 Å². The normalized spacial score (nSPS) is 15.1. The molecule has 1 aliphatic rings. The largest absolute Gasteiger partial charge is 0.397 e. The number of hydrogen-bond donors (Lipinski definition) is 2. The van der Waals surface area contributed by atoms with Gasteiger partial charge in [-0.1, -0.05) is 30.3 Å². The van der Waals surface area contributed by atoms with E-state index in [0.717, 1.165) is 51.1 Å². The standard InChI is InChI=1S/C24H28N6OS/c1-29-11-13-30(14-12-29)10-6-5-9-18(31)22-21(26)20-19(16-7-3-2-4-8-16)17(15-25)23(27)28-24(20)32-22/h2-4,7-8H,5-6,9-14,26H2,1H3,(H2,27,28). The third kappa shape index (κ3) is 4.46. The number of aromatic nitrogens is 1. The van der Waals surface area contributed by atoms with Gasteiger partial charge in [-0.3, -0.25) is 4.79 Å². The van der Waals surface area contributed by atoms with Crippen LogP contribution in [0.1, 0.15) is 34.5 Å². The number of rotatable bonds is 7. The average molecular weight is 449 g/mol. The molecule has 1 saturated heterocycles. The highest BCUT2D eigenvalue weighted by Crippen LogP contribution is 2.42. The fourth-order valence-corrected chi connectivity index (χ4v) is 5.27. The number of benzene rings is 1. The first kappa shape index (κ1) is 22.2. The van der Waals surface area contributed by atoms with E-state index in [1.54, 1.807) is 0 Å². The van der Waals surface area contributed by atoms with E-state index in [1.807, 2.05) is 30.3 Å². The molecule has 7 nitrogen and oxygen atoms in total. The molecule has 4 rings (SSSR count). The predicted octanol–water partition coefficient (Wildman–Crippen LogP) is 3.60. The number of nitrogens with two attached hydrogens (primary N) is 2. The summed E-state index contributed by atoms with van der Waals surface area (Å²) in [5, 5.41) is 10.4. The molecule has 0 saturated carbocycles. The molecule has 0 bridgehead atoms. The van der Waals surface area contributed by atoms with Crippen LogP contribution in [-0.4, -0.2) is 60.3 Å². The van der Waals surface area contributed by atoms with Crippen LogP contribution >= 0.6 is 11.3 Å². The first-order valence-corrected chi connectivity index (χ1v) is 11.7. The maximum Gasteiger partial charge on any atom is 0.174 e. The summed E-state index contributed by atoms with van der Waals surface area (Å²) in [7, 11) is 2.15. The molecule has 0 spiro atoms. The van der Waals surface area contributed by atoms with Crippen molar-refractivity contribution in [1.82, 2.24) is 14.8 Å². The Morgan fingerprint density at radius 1 is 1.16 bits per heavy atom. The number of hydrogen-bond acceptors (Lipinski definition) is 8. The van der Waals surface area contributed by atoms with Gasteiger partial charge in [0.15, 0.2) is 5.78 Å². The maximum atomic E-state index is 13.0. The van der Waals surface area contributed by atoms with Gasteiger partial charge in [-0.05, 0) is 32.0 Å². The van der Waals surface area contributed by atoms with Gasteiger partial charge >= 0.3 is 0 Å². The highest BCUT2D eigenvalue weighted by atomic mass is 32.1. The number of nitrogens with zero attached hydrogens (tertiary/aromatic N) is 4. The molecular formula is C24H28N6OS. The second-order valence-electron chi connectivity index (χ2n) is 8.28. The number of thiophene rings is 1. The Hall–Kier alpha value is -2.99. The van der Waals surface area contributed by atoms with Crippen molar-refractivity contribution in [2.24, 2.45) is 0 Å². The molecular weight excluding hydrogens is 420 g/mol. The van der Waals surface area contributed by atoms with Crippen LogP contribution in [0.5, 0.6) is 0 Å². The molecule has 2 aromatic heterocycles. The molecule has 0 aliphatic carbocycles. The Kier molecular flexibility index (Phi) is 6.70. The summed E-state index contributed by atoms with van der Waals surface area (Å²) in [6.07, 6.45) is 2.26. The zero-order valence-electron chi connectivity index (χ0n) is 18.3. The van der Waals surface area contributed by atoms with E-state index in [2.05, 4.69) is 27.9 Å². The second-order valence-corrected chi connectivity index (χ2v) is 9.27. The third-order valence-corrected chi connectivity index (χ3v) is 7.20. The Morgan fingerprint density at radius 3 is 2.56 bits per heavy atom. The lowest BCUT2D eigenvalue weighted by atomic mass is 9.97. The van der Waals surface area contributed by atoms with E-state index < -0.39 is 0 Å². The number of anilines is 2. The molecule has 1 aromatic carbocycles. The molecule has 1 fully saturated rings. The Labute approximate surface area is 192 Å². The third-order valence-electron chi connectivity index (χ3n) is 6.06. The number of unbranched alkanes of at least 4 members (excludes halogenated alkanes) is 1. The molecule has 3 aromatic rings. The van der Waals surface area contributed by atoms with Crippen LogP contribution in [0.4, 0.5) is 11.5 Å². The summed E-state index contributed by atoms with van der Waals surface area (Å²) in [6, 6.07) is 11.7. The lowest BCUT2D eigenvalue weighted by Gasteiger charge is -2.32. The molecule has 0 amide bonds. The number of Topliss-reactive ketones (excluding diaryl/α,β-unsaturated/α-hetero) is 1. The predicted molar refractivity (Wildman–Crippen MR) is 131 cm³/mol. The fraction of sp³-hybridized carbons (Fsp3) is 0.375. The van der Waals surface area contributed by atoms with Crippen LogP contribution in [0.15, 0.2) is 30.3 Å². The highest BCUT2D eigenvalue weighted by Gasteiger charge is 2.24. The molecule has 32 heavy (non-hydrogen) atoms. The number of nitriles is 1. The van der Waals surface area contributed by atoms with Gasteiger partial charge in [-0.2, -0.15) is 5.26 Å². The van der Waals surface area contributed by atoms with Gasteiger partial charge in [0, 0.05) is 43.5 Å². The molecule has 4 N–H and O–H groups in total. The van der Waals surface area contributed by atoms with Gasteiger partial charge in [-0.15, -0.1) is 11.3 Å². The monoisotopic (exact) mass is 448 g/mol. The average Bonchev–Trinajstić information content (AvgIpc) is 3.13. The van der Waals surface area contributed by atoms with Crippen LogP contribution in [-0.2, 0) is 0 Å². The van der Waals surface area contributed by atoms with Gasteiger partial charge in [0.25, 0.3) is 0 Å². The topological polar surface area (TPSA) is 112 Å². The van der Waals surface area contributed by atoms with E-state index in [-0.39, 0.29) is 11.6 Å². The van der Waals surface area contributed by atoms with Gasteiger partial charge < -0.3 is 21.3 Å². The first-order valence-electron chi connectivity index (χ1n) is 10.9. The number of carbonyl (C=O) groups excluding carboxylic acids is 1. The number of carbonyl (C=O) groups is 1.